The zero-order chi connectivity index (χ0) is 18.2. The van der Waals surface area contributed by atoms with E-state index in [1.165, 1.54) is 32.1 Å². The third-order valence-corrected chi connectivity index (χ3v) is 4.79. The van der Waals surface area contributed by atoms with Crippen molar-refractivity contribution >= 4 is 17.5 Å². The molecule has 2 aromatic rings. The molecule has 3 rings (SSSR count). The van der Waals surface area contributed by atoms with Crippen molar-refractivity contribution in [3.05, 3.63) is 59.9 Å². The Kier molecular flexibility index (Phi) is 6.36. The number of benzene rings is 1. The summed E-state index contributed by atoms with van der Waals surface area (Å²) >= 11 is 0. The number of nitrogens with zero attached hydrogens (tertiary/aromatic N) is 1. The van der Waals surface area contributed by atoms with Crippen LogP contribution < -0.4 is 10.6 Å². The van der Waals surface area contributed by atoms with Crippen LogP contribution in [0, 0.1) is 0 Å². The molecule has 1 heterocycles. The van der Waals surface area contributed by atoms with Crippen LogP contribution in [0.15, 0.2) is 48.8 Å². The lowest BCUT2D eigenvalue weighted by Crippen LogP contribution is -2.35. The first-order valence-corrected chi connectivity index (χ1v) is 9.35. The molecule has 5 nitrogen and oxygen atoms in total. The standard InChI is InChI=1S/C21H25N3O2/c25-20(23-18-6-4-2-1-3-5-7-18)16-8-10-19(11-9-16)24-21(26)17-12-14-22-15-13-17/h8-15,18H,1-7H2,(H,23,25)(H,24,26). The molecule has 1 aliphatic rings. The second kappa shape index (κ2) is 9.13. The Hall–Kier alpha value is -2.69. The van der Waals surface area contributed by atoms with Crippen LogP contribution in [0.3, 0.4) is 0 Å². The molecular weight excluding hydrogens is 326 g/mol. The fourth-order valence-corrected chi connectivity index (χ4v) is 3.28. The summed E-state index contributed by atoms with van der Waals surface area (Å²) in [5.74, 6) is -0.235. The first kappa shape index (κ1) is 18.1. The molecule has 1 aromatic heterocycles. The lowest BCUT2D eigenvalue weighted by Gasteiger charge is -2.21. The van der Waals surface area contributed by atoms with Crippen LogP contribution in [0.25, 0.3) is 0 Å². The minimum Gasteiger partial charge on any atom is -0.349 e. The first-order chi connectivity index (χ1) is 12.7. The number of hydrogen-bond acceptors (Lipinski definition) is 3. The molecule has 136 valence electrons. The lowest BCUT2D eigenvalue weighted by molar-refractivity contribution is 0.0930. The third kappa shape index (κ3) is 5.15. The summed E-state index contributed by atoms with van der Waals surface area (Å²) in [6.07, 6.45) is 11.5. The van der Waals surface area contributed by atoms with E-state index in [2.05, 4.69) is 15.6 Å². The van der Waals surface area contributed by atoms with Gasteiger partial charge in [-0.15, -0.1) is 0 Å². The van der Waals surface area contributed by atoms with Gasteiger partial charge >= 0.3 is 0 Å². The number of amides is 2. The van der Waals surface area contributed by atoms with Crippen molar-refractivity contribution in [1.29, 1.82) is 0 Å². The predicted octanol–water partition coefficient (Wildman–Crippen LogP) is 4.18. The van der Waals surface area contributed by atoms with E-state index in [-0.39, 0.29) is 17.9 Å². The van der Waals surface area contributed by atoms with Gasteiger partial charge in [0, 0.05) is 35.2 Å². The summed E-state index contributed by atoms with van der Waals surface area (Å²) in [4.78, 5) is 28.5. The molecule has 2 N–H and O–H groups in total. The normalized spacial score (nSPS) is 15.5. The van der Waals surface area contributed by atoms with Crippen molar-refractivity contribution in [1.82, 2.24) is 10.3 Å². The number of rotatable bonds is 4. The number of hydrogen-bond donors (Lipinski definition) is 2. The Morgan fingerprint density at radius 3 is 2.00 bits per heavy atom. The number of nitrogens with one attached hydrogen (secondary N) is 2. The Morgan fingerprint density at radius 1 is 0.769 bits per heavy atom. The van der Waals surface area contributed by atoms with Gasteiger partial charge in [-0.3, -0.25) is 14.6 Å². The van der Waals surface area contributed by atoms with E-state index in [0.29, 0.717) is 16.8 Å². The van der Waals surface area contributed by atoms with Gasteiger partial charge in [0.05, 0.1) is 0 Å². The average Bonchev–Trinajstić information content (AvgIpc) is 2.65. The molecule has 0 aliphatic heterocycles. The molecule has 0 saturated heterocycles. The summed E-state index contributed by atoms with van der Waals surface area (Å²) in [7, 11) is 0. The van der Waals surface area contributed by atoms with Gasteiger partial charge in [-0.2, -0.15) is 0 Å². The molecule has 0 radical (unpaired) electrons. The van der Waals surface area contributed by atoms with Crippen molar-refractivity contribution < 1.29 is 9.59 Å². The highest BCUT2D eigenvalue weighted by molar-refractivity contribution is 6.04. The maximum atomic E-state index is 12.5. The molecule has 0 spiro atoms. The number of carbonyl (C=O) groups is 2. The number of carbonyl (C=O) groups excluding carboxylic acids is 2. The van der Waals surface area contributed by atoms with Crippen LogP contribution in [-0.4, -0.2) is 22.8 Å². The summed E-state index contributed by atoms with van der Waals surface area (Å²) < 4.78 is 0. The van der Waals surface area contributed by atoms with Gasteiger partial charge in [0.15, 0.2) is 0 Å². The molecule has 2 amide bonds. The van der Waals surface area contributed by atoms with Crippen molar-refractivity contribution in [2.24, 2.45) is 0 Å². The summed E-state index contributed by atoms with van der Waals surface area (Å²) in [5.41, 5.74) is 1.83. The molecule has 26 heavy (non-hydrogen) atoms. The van der Waals surface area contributed by atoms with E-state index in [1.54, 1.807) is 48.8 Å². The minimum absolute atomic E-state index is 0.0393. The van der Waals surface area contributed by atoms with Gasteiger partial charge in [0.1, 0.15) is 0 Å². The van der Waals surface area contributed by atoms with E-state index in [4.69, 9.17) is 0 Å². The van der Waals surface area contributed by atoms with E-state index in [0.717, 1.165) is 12.8 Å². The van der Waals surface area contributed by atoms with Crippen molar-refractivity contribution in [3.8, 4) is 0 Å². The maximum absolute atomic E-state index is 12.5. The zero-order valence-electron chi connectivity index (χ0n) is 14.9. The van der Waals surface area contributed by atoms with Crippen LogP contribution in [0.5, 0.6) is 0 Å². The van der Waals surface area contributed by atoms with Crippen molar-refractivity contribution in [2.75, 3.05) is 5.32 Å². The highest BCUT2D eigenvalue weighted by atomic mass is 16.2. The quantitative estimate of drug-likeness (QED) is 0.868. The zero-order valence-corrected chi connectivity index (χ0v) is 14.9. The molecule has 0 atom stereocenters. The van der Waals surface area contributed by atoms with Crippen LogP contribution in [0.4, 0.5) is 5.69 Å². The monoisotopic (exact) mass is 351 g/mol. The van der Waals surface area contributed by atoms with Gasteiger partial charge < -0.3 is 10.6 Å². The van der Waals surface area contributed by atoms with Crippen LogP contribution in [0.1, 0.15) is 65.7 Å². The second-order valence-corrected chi connectivity index (χ2v) is 6.78. The smallest absolute Gasteiger partial charge is 0.255 e. The Labute approximate surface area is 154 Å². The fourth-order valence-electron chi connectivity index (χ4n) is 3.28. The van der Waals surface area contributed by atoms with Gasteiger partial charge in [-0.25, -0.2) is 0 Å². The molecule has 1 fully saturated rings. The summed E-state index contributed by atoms with van der Waals surface area (Å²) in [6, 6.07) is 10.6. The SMILES string of the molecule is O=C(Nc1ccc(C(=O)NC2CCCCCCC2)cc1)c1ccncc1. The molecular formula is C21H25N3O2. The molecule has 1 aliphatic carbocycles. The van der Waals surface area contributed by atoms with E-state index in [9.17, 15) is 9.59 Å². The Bertz CT molecular complexity index is 721. The number of pyridine rings is 1. The Balaban J connectivity index is 1.56. The second-order valence-electron chi connectivity index (χ2n) is 6.78. The number of anilines is 1. The topological polar surface area (TPSA) is 71.1 Å². The van der Waals surface area contributed by atoms with E-state index < -0.39 is 0 Å². The fraction of sp³-hybridized carbons (Fsp3) is 0.381. The van der Waals surface area contributed by atoms with Gasteiger partial charge in [-0.1, -0.05) is 32.1 Å². The molecule has 5 heteroatoms. The molecule has 0 unspecified atom stereocenters. The first-order valence-electron chi connectivity index (χ1n) is 9.35. The molecule has 1 saturated carbocycles. The van der Waals surface area contributed by atoms with Gasteiger partial charge in [0.25, 0.3) is 11.8 Å². The van der Waals surface area contributed by atoms with E-state index in [1.807, 2.05) is 0 Å². The van der Waals surface area contributed by atoms with Crippen LogP contribution in [-0.2, 0) is 0 Å². The minimum atomic E-state index is -0.195. The van der Waals surface area contributed by atoms with Crippen molar-refractivity contribution in [3.63, 3.8) is 0 Å². The van der Waals surface area contributed by atoms with E-state index >= 15 is 0 Å². The predicted molar refractivity (Wildman–Crippen MR) is 102 cm³/mol. The third-order valence-electron chi connectivity index (χ3n) is 4.79. The van der Waals surface area contributed by atoms with Crippen LogP contribution >= 0.6 is 0 Å². The van der Waals surface area contributed by atoms with Gasteiger partial charge in [0.2, 0.25) is 0 Å². The molecule has 1 aromatic carbocycles. The number of aromatic nitrogens is 1. The van der Waals surface area contributed by atoms with Crippen molar-refractivity contribution in [2.45, 2.75) is 51.0 Å². The summed E-state index contributed by atoms with van der Waals surface area (Å²) in [6.45, 7) is 0. The highest BCUT2D eigenvalue weighted by Crippen LogP contribution is 2.18. The lowest BCUT2D eigenvalue weighted by atomic mass is 9.96. The molecule has 0 bridgehead atoms. The van der Waals surface area contributed by atoms with Crippen LogP contribution in [0.2, 0.25) is 0 Å². The average molecular weight is 351 g/mol. The maximum Gasteiger partial charge on any atom is 0.255 e. The van der Waals surface area contributed by atoms with Gasteiger partial charge in [-0.05, 0) is 49.2 Å². The highest BCUT2D eigenvalue weighted by Gasteiger charge is 2.15. The largest absolute Gasteiger partial charge is 0.349 e. The Morgan fingerprint density at radius 2 is 1.35 bits per heavy atom. The summed E-state index contributed by atoms with van der Waals surface area (Å²) in [5, 5.41) is 5.98.